The molecule has 0 atom stereocenters. The molecule has 100 valence electrons. The Morgan fingerprint density at radius 3 is 2.61 bits per heavy atom. The third-order valence-corrected chi connectivity index (χ3v) is 2.68. The van der Waals surface area contributed by atoms with E-state index in [1.54, 1.807) is 26.4 Å². The van der Waals surface area contributed by atoms with Crippen LogP contribution in [0.1, 0.15) is 0 Å². The number of methoxy groups -OCH3 is 2. The molecule has 1 rings (SSSR count). The zero-order valence-corrected chi connectivity index (χ0v) is 12.0. The van der Waals surface area contributed by atoms with Crippen LogP contribution in [0, 0.1) is 0 Å². The Bertz CT molecular complexity index is 398. The topological polar surface area (TPSA) is 56.8 Å². The molecule has 0 saturated carbocycles. The molecule has 0 unspecified atom stereocenters. The molecular formula is C12H16BrNO4. The highest BCUT2D eigenvalue weighted by molar-refractivity contribution is 9.09. The van der Waals surface area contributed by atoms with Gasteiger partial charge in [0.05, 0.1) is 26.1 Å². The van der Waals surface area contributed by atoms with Crippen molar-refractivity contribution in [3.8, 4) is 17.2 Å². The van der Waals surface area contributed by atoms with Gasteiger partial charge in [0.2, 0.25) is 11.7 Å². The van der Waals surface area contributed by atoms with Gasteiger partial charge in [0.1, 0.15) is 6.61 Å². The number of carbonyl (C=O) groups is 1. The number of carbonyl (C=O) groups excluding carboxylic acids is 1. The van der Waals surface area contributed by atoms with Crippen molar-refractivity contribution in [2.75, 3.05) is 32.7 Å². The van der Waals surface area contributed by atoms with E-state index in [4.69, 9.17) is 14.2 Å². The lowest BCUT2D eigenvalue weighted by molar-refractivity contribution is -0.118. The summed E-state index contributed by atoms with van der Waals surface area (Å²) in [5.74, 6) is 1.67. The van der Waals surface area contributed by atoms with Gasteiger partial charge in [0.25, 0.3) is 0 Å². The maximum absolute atomic E-state index is 11.0. The minimum atomic E-state index is -0.0730. The number of hydrogen-bond donors (Lipinski definition) is 1. The summed E-state index contributed by atoms with van der Waals surface area (Å²) in [6, 6.07) is 5.39. The highest BCUT2D eigenvalue weighted by Gasteiger charge is 2.10. The van der Waals surface area contributed by atoms with Crippen molar-refractivity contribution < 1.29 is 19.0 Å². The third-order valence-electron chi connectivity index (χ3n) is 2.17. The van der Waals surface area contributed by atoms with Crippen molar-refractivity contribution in [1.29, 1.82) is 0 Å². The fourth-order valence-corrected chi connectivity index (χ4v) is 1.57. The van der Waals surface area contributed by atoms with Crippen LogP contribution in [-0.4, -0.2) is 38.6 Å². The highest BCUT2D eigenvalue weighted by atomic mass is 79.9. The van der Waals surface area contributed by atoms with Gasteiger partial charge in [-0.15, -0.1) is 0 Å². The summed E-state index contributed by atoms with van der Waals surface area (Å²) >= 11 is 3.06. The molecule has 5 nitrogen and oxygen atoms in total. The predicted octanol–water partition coefficient (Wildman–Crippen LogP) is 1.59. The molecule has 0 aliphatic carbocycles. The maximum Gasteiger partial charge on any atom is 0.230 e. The molecular weight excluding hydrogens is 302 g/mol. The van der Waals surface area contributed by atoms with Crippen LogP contribution in [0.5, 0.6) is 17.2 Å². The number of rotatable bonds is 7. The Labute approximate surface area is 115 Å². The van der Waals surface area contributed by atoms with E-state index in [0.717, 1.165) is 0 Å². The van der Waals surface area contributed by atoms with Crippen molar-refractivity contribution in [2.45, 2.75) is 0 Å². The highest BCUT2D eigenvalue weighted by Crippen LogP contribution is 2.36. The molecule has 0 aliphatic rings. The molecule has 0 bridgehead atoms. The molecule has 1 aromatic carbocycles. The Morgan fingerprint density at radius 1 is 1.28 bits per heavy atom. The van der Waals surface area contributed by atoms with Crippen LogP contribution < -0.4 is 19.5 Å². The van der Waals surface area contributed by atoms with Crippen LogP contribution in [0.25, 0.3) is 0 Å². The Kier molecular flexibility index (Phi) is 6.35. The summed E-state index contributed by atoms with van der Waals surface area (Å²) in [6.07, 6.45) is 0. The molecule has 0 radical (unpaired) electrons. The van der Waals surface area contributed by atoms with Gasteiger partial charge in [-0.05, 0) is 12.1 Å². The fourth-order valence-electron chi connectivity index (χ4n) is 1.37. The first-order valence-electron chi connectivity index (χ1n) is 5.39. The lowest BCUT2D eigenvalue weighted by Gasteiger charge is -2.13. The number of hydrogen-bond acceptors (Lipinski definition) is 4. The molecule has 0 heterocycles. The number of ether oxygens (including phenoxy) is 3. The quantitative estimate of drug-likeness (QED) is 0.613. The molecule has 1 N–H and O–H groups in total. The standard InChI is InChI=1S/C12H16BrNO4/c1-16-9-4-3-5-10(12(9)17-2)18-7-6-14-11(15)8-13/h3-5H,6-8H2,1-2H3,(H,14,15). The number of nitrogens with one attached hydrogen (secondary N) is 1. The van der Waals surface area contributed by atoms with E-state index in [1.165, 1.54) is 0 Å². The molecule has 0 saturated heterocycles. The SMILES string of the molecule is COc1cccc(OCCNC(=O)CBr)c1OC. The Hall–Kier alpha value is -1.43. The molecule has 0 spiro atoms. The van der Waals surface area contributed by atoms with Gasteiger partial charge in [-0.25, -0.2) is 0 Å². The zero-order chi connectivity index (χ0) is 13.4. The van der Waals surface area contributed by atoms with Gasteiger partial charge in [-0.2, -0.15) is 0 Å². The summed E-state index contributed by atoms with van der Waals surface area (Å²) in [7, 11) is 3.12. The average Bonchev–Trinajstić information content (AvgIpc) is 2.42. The number of para-hydroxylation sites is 1. The fraction of sp³-hybridized carbons (Fsp3) is 0.417. The van der Waals surface area contributed by atoms with Gasteiger partial charge < -0.3 is 19.5 Å². The van der Waals surface area contributed by atoms with E-state index < -0.39 is 0 Å². The number of amides is 1. The first-order valence-corrected chi connectivity index (χ1v) is 6.51. The lowest BCUT2D eigenvalue weighted by Crippen LogP contribution is -2.28. The molecule has 0 aliphatic heterocycles. The molecule has 0 aromatic heterocycles. The van der Waals surface area contributed by atoms with Crippen molar-refractivity contribution >= 4 is 21.8 Å². The second-order valence-electron chi connectivity index (χ2n) is 3.32. The lowest BCUT2D eigenvalue weighted by atomic mass is 10.3. The molecule has 1 aromatic rings. The van der Waals surface area contributed by atoms with Gasteiger partial charge in [0.15, 0.2) is 11.5 Å². The summed E-state index contributed by atoms with van der Waals surface area (Å²) < 4.78 is 15.9. The van der Waals surface area contributed by atoms with E-state index >= 15 is 0 Å². The second kappa shape index (κ2) is 7.81. The van der Waals surface area contributed by atoms with E-state index in [0.29, 0.717) is 30.4 Å². The smallest absolute Gasteiger partial charge is 0.230 e. The minimum Gasteiger partial charge on any atom is -0.493 e. The Balaban J connectivity index is 2.54. The van der Waals surface area contributed by atoms with E-state index in [9.17, 15) is 4.79 Å². The average molecular weight is 318 g/mol. The maximum atomic E-state index is 11.0. The van der Waals surface area contributed by atoms with Crippen LogP contribution in [0.4, 0.5) is 0 Å². The van der Waals surface area contributed by atoms with E-state index in [1.807, 2.05) is 6.07 Å². The van der Waals surface area contributed by atoms with Gasteiger partial charge in [0, 0.05) is 0 Å². The van der Waals surface area contributed by atoms with Crippen molar-refractivity contribution in [3.63, 3.8) is 0 Å². The zero-order valence-electron chi connectivity index (χ0n) is 10.4. The molecule has 6 heteroatoms. The van der Waals surface area contributed by atoms with Crippen LogP contribution >= 0.6 is 15.9 Å². The van der Waals surface area contributed by atoms with Gasteiger partial charge in [-0.3, -0.25) is 4.79 Å². The predicted molar refractivity (Wildman–Crippen MR) is 71.8 cm³/mol. The summed E-state index contributed by atoms with van der Waals surface area (Å²) in [5, 5.41) is 2.97. The summed E-state index contributed by atoms with van der Waals surface area (Å²) in [4.78, 5) is 11.0. The summed E-state index contributed by atoms with van der Waals surface area (Å²) in [6.45, 7) is 0.799. The van der Waals surface area contributed by atoms with Crippen LogP contribution in [0.2, 0.25) is 0 Å². The summed E-state index contributed by atoms with van der Waals surface area (Å²) in [5.41, 5.74) is 0. The van der Waals surface area contributed by atoms with Crippen LogP contribution in [0.3, 0.4) is 0 Å². The first kappa shape index (κ1) is 14.6. The van der Waals surface area contributed by atoms with Gasteiger partial charge >= 0.3 is 0 Å². The second-order valence-corrected chi connectivity index (χ2v) is 3.88. The van der Waals surface area contributed by atoms with E-state index in [-0.39, 0.29) is 11.2 Å². The number of benzene rings is 1. The normalized spacial score (nSPS) is 9.72. The molecule has 0 fully saturated rings. The minimum absolute atomic E-state index is 0.0730. The number of alkyl halides is 1. The third kappa shape index (κ3) is 4.10. The van der Waals surface area contributed by atoms with Crippen molar-refractivity contribution in [2.24, 2.45) is 0 Å². The largest absolute Gasteiger partial charge is 0.493 e. The molecule has 18 heavy (non-hydrogen) atoms. The number of halogens is 1. The van der Waals surface area contributed by atoms with Crippen LogP contribution in [-0.2, 0) is 4.79 Å². The van der Waals surface area contributed by atoms with Crippen LogP contribution in [0.15, 0.2) is 18.2 Å². The Morgan fingerprint density at radius 2 is 2.00 bits per heavy atom. The van der Waals surface area contributed by atoms with Crippen molar-refractivity contribution in [3.05, 3.63) is 18.2 Å². The van der Waals surface area contributed by atoms with Crippen molar-refractivity contribution in [1.82, 2.24) is 5.32 Å². The van der Waals surface area contributed by atoms with E-state index in [2.05, 4.69) is 21.2 Å². The monoisotopic (exact) mass is 317 g/mol. The van der Waals surface area contributed by atoms with Gasteiger partial charge in [-0.1, -0.05) is 22.0 Å². The molecule has 1 amide bonds. The first-order chi connectivity index (χ1) is 8.72.